The quantitative estimate of drug-likeness (QED) is 0.872. The predicted molar refractivity (Wildman–Crippen MR) is 69.8 cm³/mol. The van der Waals surface area contributed by atoms with Crippen molar-refractivity contribution in [2.24, 2.45) is 0 Å². The summed E-state index contributed by atoms with van der Waals surface area (Å²) >= 11 is 0. The summed E-state index contributed by atoms with van der Waals surface area (Å²) < 4.78 is 1.75. The van der Waals surface area contributed by atoms with Gasteiger partial charge in [-0.1, -0.05) is 18.2 Å². The minimum atomic E-state index is -0.943. The second-order valence-corrected chi connectivity index (χ2v) is 5.11. The molecular formula is C14H17NO3. The van der Waals surface area contributed by atoms with Crippen molar-refractivity contribution in [1.29, 1.82) is 0 Å². The average Bonchev–Trinajstić information content (AvgIpc) is 2.64. The van der Waals surface area contributed by atoms with Gasteiger partial charge in [-0.3, -0.25) is 0 Å². The minimum absolute atomic E-state index is 0.264. The van der Waals surface area contributed by atoms with Crippen LogP contribution in [0, 0.1) is 0 Å². The van der Waals surface area contributed by atoms with Crippen molar-refractivity contribution in [2.75, 3.05) is 0 Å². The normalized spacial score (nSPS) is 11.9. The summed E-state index contributed by atoms with van der Waals surface area (Å²) in [5, 5.41) is 19.9. The first-order chi connectivity index (χ1) is 8.38. The van der Waals surface area contributed by atoms with E-state index in [1.807, 2.05) is 24.3 Å². The first-order valence-electron chi connectivity index (χ1n) is 5.92. The molecule has 0 fully saturated rings. The Labute approximate surface area is 105 Å². The summed E-state index contributed by atoms with van der Waals surface area (Å²) in [6.45, 7) is 3.93. The van der Waals surface area contributed by atoms with Gasteiger partial charge in [0, 0.05) is 17.4 Å². The highest BCUT2D eigenvalue weighted by atomic mass is 16.4. The second-order valence-electron chi connectivity index (χ2n) is 5.11. The van der Waals surface area contributed by atoms with Crippen LogP contribution < -0.4 is 0 Å². The zero-order valence-electron chi connectivity index (χ0n) is 10.6. The van der Waals surface area contributed by atoms with E-state index in [1.165, 1.54) is 0 Å². The third-order valence-corrected chi connectivity index (χ3v) is 2.98. The van der Waals surface area contributed by atoms with Gasteiger partial charge in [-0.05, 0) is 32.4 Å². The molecule has 2 rings (SSSR count). The van der Waals surface area contributed by atoms with Gasteiger partial charge >= 0.3 is 5.97 Å². The van der Waals surface area contributed by atoms with Crippen LogP contribution in [0.3, 0.4) is 0 Å². The number of aromatic nitrogens is 1. The Balaban J connectivity index is 2.45. The van der Waals surface area contributed by atoms with Crippen molar-refractivity contribution in [2.45, 2.75) is 32.4 Å². The standard InChI is InChI=1S/C14H17NO3/c1-14(2,18)7-8-15-11-6-4-3-5-10(11)9-12(15)13(16)17/h3-6,9,18H,7-8H2,1-2H3,(H,16,17). The number of para-hydroxylation sites is 1. The topological polar surface area (TPSA) is 62.5 Å². The van der Waals surface area contributed by atoms with Crippen LogP contribution in [-0.2, 0) is 6.54 Å². The van der Waals surface area contributed by atoms with Crippen molar-refractivity contribution in [3.8, 4) is 0 Å². The molecular weight excluding hydrogens is 230 g/mol. The molecule has 1 aromatic heterocycles. The van der Waals surface area contributed by atoms with Crippen LogP contribution in [0.5, 0.6) is 0 Å². The third kappa shape index (κ3) is 2.54. The predicted octanol–water partition coefficient (Wildman–Crippen LogP) is 2.50. The van der Waals surface area contributed by atoms with E-state index < -0.39 is 11.6 Å². The maximum absolute atomic E-state index is 11.2. The number of aliphatic hydroxyl groups is 1. The molecule has 4 heteroatoms. The van der Waals surface area contributed by atoms with Gasteiger partial charge in [0.15, 0.2) is 0 Å². The number of rotatable bonds is 4. The molecule has 1 heterocycles. The average molecular weight is 247 g/mol. The SMILES string of the molecule is CC(C)(O)CCn1c(C(=O)O)cc2ccccc21. The summed E-state index contributed by atoms with van der Waals surface area (Å²) in [4.78, 5) is 11.2. The lowest BCUT2D eigenvalue weighted by molar-refractivity contribution is 0.0623. The molecule has 2 aromatic rings. The van der Waals surface area contributed by atoms with Gasteiger partial charge in [-0.25, -0.2) is 4.79 Å². The summed E-state index contributed by atoms with van der Waals surface area (Å²) in [7, 11) is 0. The molecule has 0 bridgehead atoms. The van der Waals surface area contributed by atoms with Gasteiger partial charge < -0.3 is 14.8 Å². The number of carboxylic acids is 1. The fourth-order valence-electron chi connectivity index (χ4n) is 2.01. The van der Waals surface area contributed by atoms with Gasteiger partial charge in [-0.15, -0.1) is 0 Å². The number of fused-ring (bicyclic) bond motifs is 1. The van der Waals surface area contributed by atoms with Crippen LogP contribution in [0.15, 0.2) is 30.3 Å². The monoisotopic (exact) mass is 247 g/mol. The fourth-order valence-corrected chi connectivity index (χ4v) is 2.01. The summed E-state index contributed by atoms with van der Waals surface area (Å²) in [5.74, 6) is -0.943. The third-order valence-electron chi connectivity index (χ3n) is 2.98. The number of hydrogen-bond donors (Lipinski definition) is 2. The van der Waals surface area contributed by atoms with Gasteiger partial charge in [0.25, 0.3) is 0 Å². The Morgan fingerprint density at radius 1 is 1.33 bits per heavy atom. The van der Waals surface area contributed by atoms with Crippen LogP contribution in [0.1, 0.15) is 30.8 Å². The lowest BCUT2D eigenvalue weighted by Crippen LogP contribution is -2.22. The van der Waals surface area contributed by atoms with Crippen molar-refractivity contribution < 1.29 is 15.0 Å². The number of hydrogen-bond acceptors (Lipinski definition) is 2. The number of nitrogens with zero attached hydrogens (tertiary/aromatic N) is 1. The maximum Gasteiger partial charge on any atom is 0.352 e. The molecule has 0 saturated heterocycles. The molecule has 4 nitrogen and oxygen atoms in total. The highest BCUT2D eigenvalue weighted by molar-refractivity contribution is 5.94. The number of benzene rings is 1. The summed E-state index contributed by atoms with van der Waals surface area (Å²) in [5.41, 5.74) is 0.348. The molecule has 0 aliphatic rings. The second kappa shape index (κ2) is 4.46. The van der Waals surface area contributed by atoms with Gasteiger partial charge in [0.2, 0.25) is 0 Å². The molecule has 0 aliphatic heterocycles. The molecule has 0 spiro atoms. The van der Waals surface area contributed by atoms with E-state index in [0.717, 1.165) is 10.9 Å². The first-order valence-corrected chi connectivity index (χ1v) is 5.92. The number of carboxylic acid groups (broad SMARTS) is 1. The fraction of sp³-hybridized carbons (Fsp3) is 0.357. The largest absolute Gasteiger partial charge is 0.477 e. The zero-order valence-corrected chi connectivity index (χ0v) is 10.6. The summed E-state index contributed by atoms with van der Waals surface area (Å²) in [6.07, 6.45) is 0.506. The smallest absolute Gasteiger partial charge is 0.352 e. The van der Waals surface area contributed by atoms with E-state index >= 15 is 0 Å². The van der Waals surface area contributed by atoms with E-state index in [9.17, 15) is 15.0 Å². The van der Waals surface area contributed by atoms with Crippen molar-refractivity contribution in [3.05, 3.63) is 36.0 Å². The minimum Gasteiger partial charge on any atom is -0.477 e. The Bertz CT molecular complexity index is 578. The molecule has 0 radical (unpaired) electrons. The van der Waals surface area contributed by atoms with E-state index in [-0.39, 0.29) is 5.69 Å². The molecule has 0 atom stereocenters. The number of aromatic carboxylic acids is 1. The molecule has 0 aliphatic carbocycles. The van der Waals surface area contributed by atoms with Crippen molar-refractivity contribution in [3.63, 3.8) is 0 Å². The van der Waals surface area contributed by atoms with Crippen LogP contribution >= 0.6 is 0 Å². The lowest BCUT2D eigenvalue weighted by Gasteiger charge is -2.18. The van der Waals surface area contributed by atoms with E-state index in [1.54, 1.807) is 24.5 Å². The van der Waals surface area contributed by atoms with Crippen LogP contribution in [0.2, 0.25) is 0 Å². The van der Waals surface area contributed by atoms with Gasteiger partial charge in [0.05, 0.1) is 5.60 Å². The van der Waals surface area contributed by atoms with E-state index in [0.29, 0.717) is 13.0 Å². The molecule has 1 aromatic carbocycles. The Kier molecular flexibility index (Phi) is 3.13. The van der Waals surface area contributed by atoms with Crippen molar-refractivity contribution >= 4 is 16.9 Å². The van der Waals surface area contributed by atoms with Gasteiger partial charge in [-0.2, -0.15) is 0 Å². The maximum atomic E-state index is 11.2. The molecule has 0 saturated carbocycles. The first kappa shape index (κ1) is 12.6. The highest BCUT2D eigenvalue weighted by Crippen LogP contribution is 2.21. The number of carbonyl (C=O) groups is 1. The molecule has 18 heavy (non-hydrogen) atoms. The van der Waals surface area contributed by atoms with Gasteiger partial charge in [0.1, 0.15) is 5.69 Å². The molecule has 2 N–H and O–H groups in total. The van der Waals surface area contributed by atoms with Crippen LogP contribution in [0.4, 0.5) is 0 Å². The highest BCUT2D eigenvalue weighted by Gasteiger charge is 2.17. The summed E-state index contributed by atoms with van der Waals surface area (Å²) in [6, 6.07) is 9.22. The van der Waals surface area contributed by atoms with E-state index in [4.69, 9.17) is 0 Å². The zero-order chi connectivity index (χ0) is 13.3. The Morgan fingerprint density at radius 3 is 2.61 bits per heavy atom. The molecule has 0 amide bonds. The van der Waals surface area contributed by atoms with E-state index in [2.05, 4.69) is 0 Å². The van der Waals surface area contributed by atoms with Crippen LogP contribution in [0.25, 0.3) is 10.9 Å². The Morgan fingerprint density at radius 2 is 2.00 bits per heavy atom. The van der Waals surface area contributed by atoms with Crippen molar-refractivity contribution in [1.82, 2.24) is 4.57 Å². The van der Waals surface area contributed by atoms with Crippen LogP contribution in [-0.4, -0.2) is 26.4 Å². The lowest BCUT2D eigenvalue weighted by atomic mass is 10.1. The number of aryl methyl sites for hydroxylation is 1. The molecule has 96 valence electrons. The Hall–Kier alpha value is -1.81. The molecule has 0 unspecified atom stereocenters.